The Hall–Kier alpha value is -2.60. The topological polar surface area (TPSA) is 60.5 Å². The lowest BCUT2D eigenvalue weighted by Crippen LogP contribution is -2.44. The van der Waals surface area contributed by atoms with Crippen LogP contribution in [0.2, 0.25) is 0 Å². The van der Waals surface area contributed by atoms with Crippen LogP contribution in [0.1, 0.15) is 36.8 Å². The van der Waals surface area contributed by atoms with E-state index in [4.69, 9.17) is 0 Å². The zero-order valence-electron chi connectivity index (χ0n) is 18.3. The molecule has 1 aromatic heterocycles. The Morgan fingerprint density at radius 2 is 1.77 bits per heavy atom. The van der Waals surface area contributed by atoms with E-state index in [0.717, 1.165) is 30.9 Å². The third kappa shape index (κ3) is 7.02. The molecular weight excluding hydrogens is 374 g/mol. The third-order valence-corrected chi connectivity index (χ3v) is 5.74. The largest absolute Gasteiger partial charge is 0.357 e. The Bertz CT molecular complexity index is 772. The minimum Gasteiger partial charge on any atom is -0.357 e. The summed E-state index contributed by atoms with van der Waals surface area (Å²) in [6.07, 6.45) is 7.80. The van der Waals surface area contributed by atoms with Crippen molar-refractivity contribution in [2.45, 2.75) is 44.7 Å². The molecular formula is C24H35N5O. The Balaban J connectivity index is 1.47. The monoisotopic (exact) mass is 409 g/mol. The first-order valence-electron chi connectivity index (χ1n) is 11.0. The molecule has 0 radical (unpaired) electrons. The van der Waals surface area contributed by atoms with Crippen LogP contribution >= 0.6 is 0 Å². The van der Waals surface area contributed by atoms with Gasteiger partial charge in [-0.15, -0.1) is 0 Å². The molecule has 30 heavy (non-hydrogen) atoms. The van der Waals surface area contributed by atoms with Crippen LogP contribution in [0.25, 0.3) is 0 Å². The molecule has 1 atom stereocenters. The van der Waals surface area contributed by atoms with Crippen molar-refractivity contribution in [2.24, 2.45) is 0 Å². The first kappa shape index (κ1) is 22.1. The summed E-state index contributed by atoms with van der Waals surface area (Å²) in [4.78, 5) is 21.4. The molecule has 0 bridgehead atoms. The number of hydrogen-bond donors (Lipinski definition) is 2. The van der Waals surface area contributed by atoms with E-state index < -0.39 is 0 Å². The number of aromatic nitrogens is 1. The van der Waals surface area contributed by atoms with E-state index in [1.165, 1.54) is 31.2 Å². The molecule has 0 saturated carbocycles. The minimum atomic E-state index is -0.136. The zero-order chi connectivity index (χ0) is 21.2. The molecule has 0 aliphatic carbocycles. The van der Waals surface area contributed by atoms with Crippen molar-refractivity contribution in [3.63, 3.8) is 0 Å². The highest BCUT2D eigenvalue weighted by Gasteiger charge is 2.14. The highest BCUT2D eigenvalue weighted by atomic mass is 16.2. The Labute approximate surface area is 180 Å². The fraction of sp³-hybridized carbons (Fsp3) is 0.500. The number of amides is 2. The van der Waals surface area contributed by atoms with Crippen molar-refractivity contribution in [1.29, 1.82) is 0 Å². The number of urea groups is 1. The molecule has 1 aliphatic heterocycles. The summed E-state index contributed by atoms with van der Waals surface area (Å²) in [6, 6.07) is 14.6. The van der Waals surface area contributed by atoms with E-state index in [9.17, 15) is 4.79 Å². The van der Waals surface area contributed by atoms with E-state index >= 15 is 0 Å². The fourth-order valence-corrected chi connectivity index (χ4v) is 3.82. The van der Waals surface area contributed by atoms with Crippen molar-refractivity contribution < 1.29 is 4.79 Å². The van der Waals surface area contributed by atoms with Crippen LogP contribution in [-0.4, -0.2) is 55.7 Å². The molecule has 1 aromatic carbocycles. The van der Waals surface area contributed by atoms with E-state index in [2.05, 4.69) is 69.8 Å². The van der Waals surface area contributed by atoms with Gasteiger partial charge < -0.3 is 20.4 Å². The predicted octanol–water partition coefficient (Wildman–Crippen LogP) is 3.43. The van der Waals surface area contributed by atoms with Gasteiger partial charge in [-0.1, -0.05) is 43.2 Å². The molecule has 2 N–H and O–H groups in total. The summed E-state index contributed by atoms with van der Waals surface area (Å²) in [7, 11) is 4.10. The molecule has 6 heteroatoms. The molecule has 1 saturated heterocycles. The summed E-state index contributed by atoms with van der Waals surface area (Å²) >= 11 is 0. The molecule has 2 heterocycles. The maximum atomic E-state index is 12.4. The van der Waals surface area contributed by atoms with Crippen molar-refractivity contribution >= 4 is 11.8 Å². The highest BCUT2D eigenvalue weighted by Crippen LogP contribution is 2.18. The van der Waals surface area contributed by atoms with Gasteiger partial charge >= 0.3 is 6.03 Å². The fourth-order valence-electron chi connectivity index (χ4n) is 3.82. The van der Waals surface area contributed by atoms with Gasteiger partial charge in [0.25, 0.3) is 0 Å². The number of rotatable bonds is 8. The van der Waals surface area contributed by atoms with Crippen LogP contribution in [0.3, 0.4) is 0 Å². The van der Waals surface area contributed by atoms with Gasteiger partial charge in [0, 0.05) is 38.4 Å². The SMILES string of the molecule is CN(C)C(CNC(=O)NCc1ccnc(N2CCCCCC2)c1)Cc1ccccc1. The summed E-state index contributed by atoms with van der Waals surface area (Å²) in [5, 5.41) is 6.01. The smallest absolute Gasteiger partial charge is 0.315 e. The number of likely N-dealkylation sites (N-methyl/N-ethyl adjacent to an activating group) is 1. The van der Waals surface area contributed by atoms with Gasteiger partial charge in [-0.3, -0.25) is 0 Å². The van der Waals surface area contributed by atoms with E-state index in [1.807, 2.05) is 18.3 Å². The molecule has 3 rings (SSSR count). The minimum absolute atomic E-state index is 0.136. The van der Waals surface area contributed by atoms with Gasteiger partial charge in [0.05, 0.1) is 0 Å². The second kappa shape index (κ2) is 11.6. The van der Waals surface area contributed by atoms with Gasteiger partial charge in [-0.05, 0) is 56.6 Å². The Morgan fingerprint density at radius 1 is 1.03 bits per heavy atom. The van der Waals surface area contributed by atoms with Gasteiger partial charge in [0.1, 0.15) is 5.82 Å². The lowest BCUT2D eigenvalue weighted by atomic mass is 10.1. The van der Waals surface area contributed by atoms with Crippen molar-refractivity contribution in [1.82, 2.24) is 20.5 Å². The molecule has 1 unspecified atom stereocenters. The number of nitrogens with zero attached hydrogens (tertiary/aromatic N) is 3. The number of pyridine rings is 1. The number of nitrogens with one attached hydrogen (secondary N) is 2. The number of carbonyl (C=O) groups excluding carboxylic acids is 1. The zero-order valence-corrected chi connectivity index (χ0v) is 18.3. The maximum Gasteiger partial charge on any atom is 0.315 e. The number of benzene rings is 1. The van der Waals surface area contributed by atoms with Gasteiger partial charge in [0.15, 0.2) is 0 Å². The second-order valence-corrected chi connectivity index (χ2v) is 8.29. The molecule has 1 fully saturated rings. The average Bonchev–Trinajstić information content (AvgIpc) is 3.05. The molecule has 2 aromatic rings. The first-order chi connectivity index (χ1) is 14.6. The van der Waals surface area contributed by atoms with Crippen molar-refractivity contribution in [3.05, 3.63) is 59.8 Å². The van der Waals surface area contributed by atoms with Crippen LogP contribution in [0.15, 0.2) is 48.7 Å². The maximum absolute atomic E-state index is 12.4. The van der Waals surface area contributed by atoms with E-state index in [-0.39, 0.29) is 12.1 Å². The van der Waals surface area contributed by atoms with Crippen LogP contribution in [-0.2, 0) is 13.0 Å². The van der Waals surface area contributed by atoms with Gasteiger partial charge in [0.2, 0.25) is 0 Å². The Kier molecular flexibility index (Phi) is 8.51. The summed E-state index contributed by atoms with van der Waals surface area (Å²) in [5.74, 6) is 1.02. The number of carbonyl (C=O) groups is 1. The third-order valence-electron chi connectivity index (χ3n) is 5.74. The molecule has 1 aliphatic rings. The van der Waals surface area contributed by atoms with Gasteiger partial charge in [-0.25, -0.2) is 9.78 Å². The first-order valence-corrected chi connectivity index (χ1v) is 11.0. The van der Waals surface area contributed by atoms with Crippen LogP contribution in [0.5, 0.6) is 0 Å². The van der Waals surface area contributed by atoms with E-state index in [0.29, 0.717) is 13.1 Å². The average molecular weight is 410 g/mol. The molecule has 0 spiro atoms. The second-order valence-electron chi connectivity index (χ2n) is 8.29. The predicted molar refractivity (Wildman–Crippen MR) is 123 cm³/mol. The van der Waals surface area contributed by atoms with Crippen molar-refractivity contribution in [3.8, 4) is 0 Å². The normalized spacial score (nSPS) is 15.5. The lowest BCUT2D eigenvalue weighted by Gasteiger charge is -2.25. The van der Waals surface area contributed by atoms with Crippen LogP contribution in [0, 0.1) is 0 Å². The summed E-state index contributed by atoms with van der Waals surface area (Å²) < 4.78 is 0. The van der Waals surface area contributed by atoms with Crippen molar-refractivity contribution in [2.75, 3.05) is 38.6 Å². The lowest BCUT2D eigenvalue weighted by molar-refractivity contribution is 0.231. The molecule has 6 nitrogen and oxygen atoms in total. The highest BCUT2D eigenvalue weighted by molar-refractivity contribution is 5.73. The van der Waals surface area contributed by atoms with E-state index in [1.54, 1.807) is 0 Å². The number of anilines is 1. The molecule has 2 amide bonds. The quantitative estimate of drug-likeness (QED) is 0.701. The Morgan fingerprint density at radius 3 is 2.47 bits per heavy atom. The summed E-state index contributed by atoms with van der Waals surface area (Å²) in [5.41, 5.74) is 2.35. The van der Waals surface area contributed by atoms with Crippen LogP contribution < -0.4 is 15.5 Å². The summed E-state index contributed by atoms with van der Waals surface area (Å²) in [6.45, 7) is 3.24. The van der Waals surface area contributed by atoms with Gasteiger partial charge in [-0.2, -0.15) is 0 Å². The number of hydrogen-bond acceptors (Lipinski definition) is 4. The molecule has 162 valence electrons. The van der Waals surface area contributed by atoms with Crippen LogP contribution in [0.4, 0.5) is 10.6 Å². The standard InChI is InChI=1S/C24H35N5O/c1-28(2)22(16-20-10-6-5-7-11-20)19-27-24(30)26-18-21-12-13-25-23(17-21)29-14-8-3-4-9-15-29/h5-7,10-13,17,22H,3-4,8-9,14-16,18-19H2,1-2H3,(H2,26,27,30).